The summed E-state index contributed by atoms with van der Waals surface area (Å²) in [6.07, 6.45) is 1.71. The number of fused-ring (bicyclic) bond motifs is 2. The number of aromatic nitrogens is 4. The molecule has 0 aliphatic heterocycles. The number of imidazole rings is 2. The molecule has 126 valence electrons. The number of aromatic amines is 1. The Hall–Kier alpha value is -3.15. The van der Waals surface area contributed by atoms with Gasteiger partial charge in [-0.15, -0.1) is 0 Å². The molecule has 6 heteroatoms. The van der Waals surface area contributed by atoms with Crippen LogP contribution >= 0.6 is 0 Å². The fraction of sp³-hybridized carbons (Fsp3) is 0.211. The third-order valence-electron chi connectivity index (χ3n) is 4.45. The molecule has 0 bridgehead atoms. The van der Waals surface area contributed by atoms with Gasteiger partial charge >= 0.3 is 0 Å². The molecular weight excluding hydrogens is 314 g/mol. The molecule has 0 aliphatic rings. The highest BCUT2D eigenvalue weighted by Crippen LogP contribution is 2.19. The number of benzene rings is 2. The molecule has 2 N–H and O–H groups in total. The Balaban J connectivity index is 1.54. The highest BCUT2D eigenvalue weighted by atomic mass is 16.2. The van der Waals surface area contributed by atoms with Gasteiger partial charge in [0.2, 0.25) is 5.91 Å². The van der Waals surface area contributed by atoms with Gasteiger partial charge in [-0.3, -0.25) is 4.79 Å². The van der Waals surface area contributed by atoms with E-state index >= 15 is 0 Å². The van der Waals surface area contributed by atoms with Crippen LogP contribution in [0.3, 0.4) is 0 Å². The summed E-state index contributed by atoms with van der Waals surface area (Å²) in [4.78, 5) is 24.8. The first-order chi connectivity index (χ1) is 12.1. The number of H-pyrrole nitrogens is 1. The van der Waals surface area contributed by atoms with E-state index in [1.54, 1.807) is 6.33 Å². The first-order valence-corrected chi connectivity index (χ1v) is 8.30. The second kappa shape index (κ2) is 6.05. The zero-order valence-corrected chi connectivity index (χ0v) is 14.1. The zero-order chi connectivity index (χ0) is 17.4. The minimum atomic E-state index is -0.362. The zero-order valence-electron chi connectivity index (χ0n) is 14.1. The Kier molecular flexibility index (Phi) is 3.72. The van der Waals surface area contributed by atoms with Crippen LogP contribution in [0.25, 0.3) is 22.1 Å². The summed E-state index contributed by atoms with van der Waals surface area (Å²) in [6.45, 7) is 3.79. The Morgan fingerprint density at radius 2 is 1.80 bits per heavy atom. The summed E-state index contributed by atoms with van der Waals surface area (Å²) in [5.74, 6) is 0.674. The molecule has 4 aromatic rings. The van der Waals surface area contributed by atoms with Gasteiger partial charge in [-0.1, -0.05) is 24.3 Å². The molecule has 25 heavy (non-hydrogen) atoms. The van der Waals surface area contributed by atoms with Crippen LogP contribution < -0.4 is 5.32 Å². The summed E-state index contributed by atoms with van der Waals surface area (Å²) in [5, 5.41) is 3.03. The van der Waals surface area contributed by atoms with E-state index < -0.39 is 0 Å². The normalized spacial score (nSPS) is 13.8. The quantitative estimate of drug-likeness (QED) is 0.601. The van der Waals surface area contributed by atoms with Crippen molar-refractivity contribution in [3.63, 3.8) is 0 Å². The van der Waals surface area contributed by atoms with Gasteiger partial charge in [0.15, 0.2) is 0 Å². The fourth-order valence-electron chi connectivity index (χ4n) is 2.99. The lowest BCUT2D eigenvalue weighted by molar-refractivity contribution is -0.124. The van der Waals surface area contributed by atoms with E-state index in [2.05, 4.69) is 20.3 Å². The Bertz CT molecular complexity index is 1020. The van der Waals surface area contributed by atoms with Crippen molar-refractivity contribution >= 4 is 28.0 Å². The largest absolute Gasteiger partial charge is 0.345 e. The summed E-state index contributed by atoms with van der Waals surface area (Å²) < 4.78 is 1.88. The second-order valence-electron chi connectivity index (χ2n) is 6.19. The minimum Gasteiger partial charge on any atom is -0.345 e. The molecule has 2 aromatic heterocycles. The van der Waals surface area contributed by atoms with E-state index in [0.29, 0.717) is 0 Å². The highest BCUT2D eigenvalue weighted by Gasteiger charge is 2.20. The van der Waals surface area contributed by atoms with Crippen molar-refractivity contribution < 1.29 is 4.79 Å². The number of rotatable bonds is 4. The number of hydrogen-bond donors (Lipinski definition) is 2. The molecule has 0 aliphatic carbocycles. The van der Waals surface area contributed by atoms with Crippen molar-refractivity contribution in [2.45, 2.75) is 25.9 Å². The SMILES string of the molecule is C[C@H](NC(=O)[C@H](C)n1cnc2ccccc21)c1nc2ccccc2[nH]1. The first-order valence-electron chi connectivity index (χ1n) is 8.30. The monoisotopic (exact) mass is 333 g/mol. The van der Waals surface area contributed by atoms with Crippen molar-refractivity contribution in [1.29, 1.82) is 0 Å². The van der Waals surface area contributed by atoms with Crippen LogP contribution in [0.1, 0.15) is 31.8 Å². The van der Waals surface area contributed by atoms with E-state index in [9.17, 15) is 4.79 Å². The van der Waals surface area contributed by atoms with E-state index in [0.717, 1.165) is 27.9 Å². The molecule has 4 rings (SSSR count). The van der Waals surface area contributed by atoms with Gasteiger partial charge in [-0.05, 0) is 38.1 Å². The lowest BCUT2D eigenvalue weighted by Gasteiger charge is -2.17. The molecule has 0 unspecified atom stereocenters. The molecule has 1 amide bonds. The second-order valence-corrected chi connectivity index (χ2v) is 6.19. The molecule has 2 atom stereocenters. The highest BCUT2D eigenvalue weighted by molar-refractivity contribution is 5.84. The molecule has 0 fully saturated rings. The van der Waals surface area contributed by atoms with Crippen molar-refractivity contribution in [2.75, 3.05) is 0 Å². The Morgan fingerprint density at radius 1 is 1.08 bits per heavy atom. The van der Waals surface area contributed by atoms with Gasteiger partial charge in [0.25, 0.3) is 0 Å². The van der Waals surface area contributed by atoms with Gasteiger partial charge in [-0.25, -0.2) is 9.97 Å². The van der Waals surface area contributed by atoms with Crippen LogP contribution in [0, 0.1) is 0 Å². The molecule has 0 radical (unpaired) electrons. The minimum absolute atomic E-state index is 0.0730. The van der Waals surface area contributed by atoms with Gasteiger partial charge in [0, 0.05) is 0 Å². The Labute approximate surface area is 144 Å². The lowest BCUT2D eigenvalue weighted by Crippen LogP contribution is -2.33. The van der Waals surface area contributed by atoms with Crippen LogP contribution in [0.4, 0.5) is 0 Å². The maximum Gasteiger partial charge on any atom is 0.243 e. The third-order valence-corrected chi connectivity index (χ3v) is 4.45. The summed E-state index contributed by atoms with van der Waals surface area (Å²) in [6, 6.07) is 15.0. The summed E-state index contributed by atoms with van der Waals surface area (Å²) in [5.41, 5.74) is 3.69. The maximum atomic E-state index is 12.7. The number of nitrogens with zero attached hydrogens (tertiary/aromatic N) is 3. The van der Waals surface area contributed by atoms with Crippen LogP contribution in [-0.2, 0) is 4.79 Å². The molecule has 2 aromatic carbocycles. The molecule has 2 heterocycles. The van der Waals surface area contributed by atoms with Crippen molar-refractivity contribution in [3.05, 3.63) is 60.7 Å². The maximum absolute atomic E-state index is 12.7. The third kappa shape index (κ3) is 2.76. The number of nitrogens with one attached hydrogen (secondary N) is 2. The predicted molar refractivity (Wildman–Crippen MR) is 97.1 cm³/mol. The van der Waals surface area contributed by atoms with E-state index in [1.165, 1.54) is 0 Å². The molecular formula is C19H19N5O. The number of para-hydroxylation sites is 4. The number of carbonyl (C=O) groups is 1. The van der Waals surface area contributed by atoms with E-state index in [1.807, 2.05) is 66.9 Å². The topological polar surface area (TPSA) is 75.6 Å². The summed E-state index contributed by atoms with van der Waals surface area (Å²) >= 11 is 0. The molecule has 0 saturated carbocycles. The lowest BCUT2D eigenvalue weighted by atomic mass is 10.2. The van der Waals surface area contributed by atoms with Crippen LogP contribution in [0.2, 0.25) is 0 Å². The van der Waals surface area contributed by atoms with Crippen molar-refractivity contribution in [2.24, 2.45) is 0 Å². The van der Waals surface area contributed by atoms with Crippen molar-refractivity contribution in [1.82, 2.24) is 24.8 Å². The van der Waals surface area contributed by atoms with Gasteiger partial charge in [0.1, 0.15) is 11.9 Å². The average molecular weight is 333 g/mol. The standard InChI is InChI=1S/C19H19N5O/c1-12(18-22-14-7-3-4-8-15(14)23-18)21-19(25)13(2)24-11-20-16-9-5-6-10-17(16)24/h3-13H,1-2H3,(H,21,25)(H,22,23)/t12-,13-/m0/s1. The molecule has 0 saturated heterocycles. The molecule has 6 nitrogen and oxygen atoms in total. The smallest absolute Gasteiger partial charge is 0.243 e. The van der Waals surface area contributed by atoms with E-state index in [4.69, 9.17) is 0 Å². The van der Waals surface area contributed by atoms with Gasteiger partial charge in [-0.2, -0.15) is 0 Å². The van der Waals surface area contributed by atoms with Crippen LogP contribution in [-0.4, -0.2) is 25.4 Å². The van der Waals surface area contributed by atoms with Crippen LogP contribution in [0.15, 0.2) is 54.9 Å². The van der Waals surface area contributed by atoms with Gasteiger partial charge < -0.3 is 14.9 Å². The van der Waals surface area contributed by atoms with Gasteiger partial charge in [0.05, 0.1) is 34.4 Å². The number of amides is 1. The predicted octanol–water partition coefficient (Wildman–Crippen LogP) is 3.35. The van der Waals surface area contributed by atoms with E-state index in [-0.39, 0.29) is 18.0 Å². The Morgan fingerprint density at radius 3 is 2.60 bits per heavy atom. The summed E-state index contributed by atoms with van der Waals surface area (Å²) in [7, 11) is 0. The van der Waals surface area contributed by atoms with Crippen molar-refractivity contribution in [3.8, 4) is 0 Å². The first kappa shape index (κ1) is 15.4. The number of carbonyl (C=O) groups excluding carboxylic acids is 1. The van der Waals surface area contributed by atoms with Crippen LogP contribution in [0.5, 0.6) is 0 Å². The number of hydrogen-bond acceptors (Lipinski definition) is 3. The molecule has 0 spiro atoms. The fourth-order valence-corrected chi connectivity index (χ4v) is 2.99. The average Bonchev–Trinajstić information content (AvgIpc) is 3.25.